The molecule has 0 spiro atoms. The minimum absolute atomic E-state index is 0.174. The van der Waals surface area contributed by atoms with Gasteiger partial charge in [0.2, 0.25) is 0 Å². The lowest BCUT2D eigenvalue weighted by atomic mass is 10.1. The van der Waals surface area contributed by atoms with E-state index in [0.717, 1.165) is 62.5 Å². The molecule has 0 N–H and O–H groups in total. The quantitative estimate of drug-likeness (QED) is 0.0655. The van der Waals surface area contributed by atoms with Crippen LogP contribution in [0.3, 0.4) is 0 Å². The zero-order valence-corrected chi connectivity index (χ0v) is 25.8. The Kier molecular flexibility index (Phi) is 16.9. The predicted octanol–water partition coefficient (Wildman–Crippen LogP) is 7.83. The molecule has 242 valence electrons. The lowest BCUT2D eigenvalue weighted by Gasteiger charge is -2.06. The van der Waals surface area contributed by atoms with Crippen molar-refractivity contribution in [2.24, 2.45) is 0 Å². The van der Waals surface area contributed by atoms with Crippen LogP contribution in [0.1, 0.15) is 107 Å². The van der Waals surface area contributed by atoms with Gasteiger partial charge in [0, 0.05) is 0 Å². The Morgan fingerprint density at radius 3 is 1.16 bits per heavy atom. The van der Waals surface area contributed by atoms with Crippen molar-refractivity contribution in [3.63, 3.8) is 0 Å². The van der Waals surface area contributed by atoms with Crippen LogP contribution >= 0.6 is 0 Å². The van der Waals surface area contributed by atoms with E-state index in [1.165, 1.54) is 0 Å². The Morgan fingerprint density at radius 1 is 0.477 bits per heavy atom. The molecule has 0 aliphatic rings. The van der Waals surface area contributed by atoms with E-state index in [9.17, 15) is 19.2 Å². The van der Waals surface area contributed by atoms with Crippen LogP contribution in [0.4, 0.5) is 9.59 Å². The summed E-state index contributed by atoms with van der Waals surface area (Å²) in [4.78, 5) is 64.5. The summed E-state index contributed by atoms with van der Waals surface area (Å²) in [6, 6.07) is 10.4. The molecule has 0 heterocycles. The second-order valence-corrected chi connectivity index (χ2v) is 10.4. The van der Waals surface area contributed by atoms with Gasteiger partial charge in [-0.1, -0.05) is 86.8 Å². The van der Waals surface area contributed by atoms with Crippen molar-refractivity contribution in [3.05, 3.63) is 69.8 Å². The minimum Gasteiger partial charge on any atom is -0.432 e. The van der Waals surface area contributed by atoms with Crippen LogP contribution in [0.25, 0.3) is 0 Å². The molecule has 0 aliphatic heterocycles. The van der Waals surface area contributed by atoms with Gasteiger partial charge in [-0.3, -0.25) is 9.78 Å². The SMILES string of the molecule is Cc1ccc(C(=O)OOOC(=O)OCCCCCCCCCCCCOC(=O)OOOC(=O)c2ccc(C)cc2C)c(C)c1. The Balaban J connectivity index is 1.33. The number of carbonyl (C=O) groups is 4. The summed E-state index contributed by atoms with van der Waals surface area (Å²) in [5.74, 6) is -1.55. The van der Waals surface area contributed by atoms with E-state index in [4.69, 9.17) is 9.47 Å². The summed E-state index contributed by atoms with van der Waals surface area (Å²) >= 11 is 0. The van der Waals surface area contributed by atoms with Gasteiger partial charge in [-0.05, 0) is 63.8 Å². The molecule has 0 aromatic heterocycles. The van der Waals surface area contributed by atoms with Gasteiger partial charge < -0.3 is 9.47 Å². The summed E-state index contributed by atoms with van der Waals surface area (Å²) in [5, 5.41) is 8.48. The number of hydrogen-bond acceptors (Lipinski definition) is 12. The summed E-state index contributed by atoms with van der Waals surface area (Å²) in [7, 11) is 0. The first-order valence-corrected chi connectivity index (χ1v) is 14.8. The van der Waals surface area contributed by atoms with Crippen LogP contribution in [-0.4, -0.2) is 37.5 Å². The van der Waals surface area contributed by atoms with Crippen molar-refractivity contribution in [2.45, 2.75) is 91.9 Å². The van der Waals surface area contributed by atoms with E-state index in [-0.39, 0.29) is 13.2 Å². The highest BCUT2D eigenvalue weighted by Gasteiger charge is 2.15. The van der Waals surface area contributed by atoms with Crippen molar-refractivity contribution in [3.8, 4) is 0 Å². The molecule has 0 radical (unpaired) electrons. The van der Waals surface area contributed by atoms with Gasteiger partial charge in [0.1, 0.15) is 0 Å². The summed E-state index contributed by atoms with van der Waals surface area (Å²) < 4.78 is 9.77. The number of aryl methyl sites for hydroxylation is 4. The van der Waals surface area contributed by atoms with Gasteiger partial charge in [-0.2, -0.15) is 0 Å². The molecular formula is C32H42O12. The van der Waals surface area contributed by atoms with Gasteiger partial charge in [0.15, 0.2) is 0 Å². The van der Waals surface area contributed by atoms with E-state index in [2.05, 4.69) is 29.6 Å². The Bertz CT molecular complexity index is 1120. The van der Waals surface area contributed by atoms with Crippen LogP contribution in [0.2, 0.25) is 0 Å². The minimum atomic E-state index is -1.08. The Morgan fingerprint density at radius 2 is 0.818 bits per heavy atom. The van der Waals surface area contributed by atoms with E-state index in [1.54, 1.807) is 38.1 Å². The van der Waals surface area contributed by atoms with Crippen LogP contribution in [0.5, 0.6) is 0 Å². The zero-order chi connectivity index (χ0) is 32.2. The standard InChI is InChI=1S/C32H42O12/c1-23-15-17-27(25(3)21-23)29(33)39-43-41-31(35)37-19-13-11-9-7-5-6-8-10-12-14-20-38-32(36)42-44-40-30(34)28-18-16-24(2)22-26(28)4/h15-18,21-22H,5-14,19-20H2,1-4H3. The predicted molar refractivity (Wildman–Crippen MR) is 156 cm³/mol. The fourth-order valence-electron chi connectivity index (χ4n) is 4.30. The molecule has 0 aliphatic carbocycles. The first-order chi connectivity index (χ1) is 21.2. The highest BCUT2D eigenvalue weighted by atomic mass is 17.5. The number of hydrogen-bond donors (Lipinski definition) is 0. The first kappa shape index (κ1) is 36.0. The number of rotatable bonds is 19. The van der Waals surface area contributed by atoms with E-state index in [0.29, 0.717) is 35.1 Å². The Labute approximate surface area is 257 Å². The molecule has 12 heteroatoms. The van der Waals surface area contributed by atoms with Gasteiger partial charge in [0.25, 0.3) is 0 Å². The van der Waals surface area contributed by atoms with Crippen molar-refractivity contribution in [1.29, 1.82) is 0 Å². The van der Waals surface area contributed by atoms with Crippen molar-refractivity contribution >= 4 is 24.2 Å². The average molecular weight is 619 g/mol. The molecule has 0 saturated carbocycles. The molecular weight excluding hydrogens is 576 g/mol. The molecule has 2 rings (SSSR count). The molecule has 2 aromatic rings. The van der Waals surface area contributed by atoms with Gasteiger partial charge in [-0.15, -0.1) is 0 Å². The van der Waals surface area contributed by atoms with E-state index < -0.39 is 24.2 Å². The largest absolute Gasteiger partial charge is 0.543 e. The maximum Gasteiger partial charge on any atom is 0.543 e. The molecule has 0 fully saturated rings. The molecule has 0 amide bonds. The summed E-state index contributed by atoms with van der Waals surface area (Å²) in [5.41, 5.74) is 4.05. The van der Waals surface area contributed by atoms with E-state index >= 15 is 0 Å². The van der Waals surface area contributed by atoms with Gasteiger partial charge in [-0.25, -0.2) is 29.0 Å². The number of benzene rings is 2. The number of unbranched alkanes of at least 4 members (excludes halogenated alkanes) is 9. The van der Waals surface area contributed by atoms with Crippen molar-refractivity contribution < 1.29 is 58.3 Å². The topological polar surface area (TPSA) is 142 Å². The maximum atomic E-state index is 11.9. The summed E-state index contributed by atoms with van der Waals surface area (Å²) in [6.07, 6.45) is 7.38. The second kappa shape index (κ2) is 20.7. The molecule has 2 aromatic carbocycles. The number of ether oxygens (including phenoxy) is 2. The number of carbonyl (C=O) groups excluding carboxylic acids is 4. The van der Waals surface area contributed by atoms with Crippen LogP contribution in [-0.2, 0) is 39.1 Å². The molecule has 44 heavy (non-hydrogen) atoms. The fourth-order valence-corrected chi connectivity index (χ4v) is 4.30. The molecule has 12 nitrogen and oxygen atoms in total. The van der Waals surface area contributed by atoms with Crippen LogP contribution in [0, 0.1) is 27.7 Å². The smallest absolute Gasteiger partial charge is 0.432 e. The molecule has 0 bridgehead atoms. The normalized spacial score (nSPS) is 10.5. The fraction of sp³-hybridized carbons (Fsp3) is 0.500. The highest BCUT2D eigenvalue weighted by molar-refractivity contribution is 5.91. The third-order valence-corrected chi connectivity index (χ3v) is 6.61. The zero-order valence-electron chi connectivity index (χ0n) is 25.8. The van der Waals surface area contributed by atoms with Crippen LogP contribution < -0.4 is 0 Å². The van der Waals surface area contributed by atoms with Gasteiger partial charge in [0.05, 0.1) is 34.4 Å². The third kappa shape index (κ3) is 14.8. The lowest BCUT2D eigenvalue weighted by Crippen LogP contribution is -2.13. The van der Waals surface area contributed by atoms with Gasteiger partial charge >= 0.3 is 24.2 Å². The Hall–Kier alpha value is -4.16. The lowest BCUT2D eigenvalue weighted by molar-refractivity contribution is -0.452. The third-order valence-electron chi connectivity index (χ3n) is 6.61. The van der Waals surface area contributed by atoms with Crippen molar-refractivity contribution in [1.82, 2.24) is 0 Å². The second-order valence-electron chi connectivity index (χ2n) is 10.4. The highest BCUT2D eigenvalue weighted by Crippen LogP contribution is 2.14. The monoisotopic (exact) mass is 618 g/mol. The maximum absolute atomic E-state index is 11.9. The first-order valence-electron chi connectivity index (χ1n) is 14.8. The molecule has 0 unspecified atom stereocenters. The van der Waals surface area contributed by atoms with Crippen molar-refractivity contribution in [2.75, 3.05) is 13.2 Å². The van der Waals surface area contributed by atoms with Crippen LogP contribution in [0.15, 0.2) is 36.4 Å². The average Bonchev–Trinajstić information content (AvgIpc) is 2.97. The molecule has 0 atom stereocenters. The van der Waals surface area contributed by atoms with E-state index in [1.807, 2.05) is 26.0 Å². The summed E-state index contributed by atoms with van der Waals surface area (Å²) in [6.45, 7) is 7.68. The molecule has 0 saturated heterocycles.